The maximum absolute atomic E-state index is 12.0. The van der Waals surface area contributed by atoms with Crippen molar-refractivity contribution in [3.63, 3.8) is 0 Å². The zero-order valence-corrected chi connectivity index (χ0v) is 10.6. The van der Waals surface area contributed by atoms with Crippen molar-refractivity contribution in [1.82, 2.24) is 5.32 Å². The average Bonchev–Trinajstić information content (AvgIpc) is 2.87. The summed E-state index contributed by atoms with van der Waals surface area (Å²) in [5.41, 5.74) is 7.05. The first-order valence-electron chi connectivity index (χ1n) is 6.43. The van der Waals surface area contributed by atoms with Crippen molar-refractivity contribution in [2.45, 2.75) is 31.8 Å². The molecule has 0 radical (unpaired) electrons. The molecule has 1 saturated carbocycles. The Morgan fingerprint density at radius 1 is 1.26 bits per heavy atom. The maximum atomic E-state index is 12.0. The molecule has 0 bridgehead atoms. The summed E-state index contributed by atoms with van der Waals surface area (Å²) in [7, 11) is 0. The number of nitrogens with two attached hydrogens (primary N) is 1. The zero-order chi connectivity index (χ0) is 13.8. The van der Waals surface area contributed by atoms with Crippen LogP contribution in [0.2, 0.25) is 0 Å². The van der Waals surface area contributed by atoms with Crippen LogP contribution in [0.25, 0.3) is 0 Å². The van der Waals surface area contributed by atoms with E-state index in [0.717, 1.165) is 12.0 Å². The van der Waals surface area contributed by atoms with Crippen LogP contribution in [0.1, 0.15) is 35.2 Å². The molecule has 1 aromatic rings. The molecule has 0 aromatic heterocycles. The molecule has 19 heavy (non-hydrogen) atoms. The molecule has 2 rings (SSSR count). The second-order valence-electron chi connectivity index (χ2n) is 4.92. The van der Waals surface area contributed by atoms with E-state index in [1.54, 1.807) is 12.1 Å². The Kier molecular flexibility index (Phi) is 4.16. The Morgan fingerprint density at radius 3 is 2.47 bits per heavy atom. The summed E-state index contributed by atoms with van der Waals surface area (Å²) in [5, 5.41) is 11.8. The van der Waals surface area contributed by atoms with Crippen LogP contribution in [0.5, 0.6) is 0 Å². The van der Waals surface area contributed by atoms with E-state index in [0.29, 0.717) is 24.9 Å². The number of aliphatic carboxylic acids is 1. The molecule has 1 fully saturated rings. The largest absolute Gasteiger partial charge is 0.481 e. The molecule has 102 valence electrons. The van der Waals surface area contributed by atoms with Gasteiger partial charge in [0.05, 0.1) is 5.92 Å². The smallest absolute Gasteiger partial charge is 0.306 e. The van der Waals surface area contributed by atoms with Gasteiger partial charge < -0.3 is 16.2 Å². The van der Waals surface area contributed by atoms with Gasteiger partial charge in [0, 0.05) is 18.2 Å². The van der Waals surface area contributed by atoms with Gasteiger partial charge in [-0.25, -0.2) is 0 Å². The number of carbonyl (C=O) groups is 2. The van der Waals surface area contributed by atoms with Crippen LogP contribution in [0.3, 0.4) is 0 Å². The fourth-order valence-corrected chi connectivity index (χ4v) is 2.40. The van der Waals surface area contributed by atoms with Gasteiger partial charge >= 0.3 is 5.97 Å². The second-order valence-corrected chi connectivity index (χ2v) is 4.92. The number of carbonyl (C=O) groups excluding carboxylic acids is 1. The third-order valence-corrected chi connectivity index (χ3v) is 3.57. The molecule has 2 unspecified atom stereocenters. The maximum Gasteiger partial charge on any atom is 0.306 e. The van der Waals surface area contributed by atoms with Crippen LogP contribution < -0.4 is 11.1 Å². The van der Waals surface area contributed by atoms with Crippen LogP contribution in [0.4, 0.5) is 0 Å². The molecule has 5 heteroatoms. The van der Waals surface area contributed by atoms with Gasteiger partial charge in [-0.15, -0.1) is 0 Å². The second kappa shape index (κ2) is 5.84. The summed E-state index contributed by atoms with van der Waals surface area (Å²) in [6.07, 6.45) is 1.87. The molecule has 0 aliphatic heterocycles. The highest BCUT2D eigenvalue weighted by atomic mass is 16.4. The van der Waals surface area contributed by atoms with Crippen molar-refractivity contribution in [2.75, 3.05) is 0 Å². The fraction of sp³-hybridized carbons (Fsp3) is 0.429. The van der Waals surface area contributed by atoms with Gasteiger partial charge in [0.25, 0.3) is 5.91 Å². The van der Waals surface area contributed by atoms with Gasteiger partial charge in [-0.3, -0.25) is 9.59 Å². The lowest BCUT2D eigenvalue weighted by atomic mass is 10.1. The Bertz CT molecular complexity index is 470. The lowest BCUT2D eigenvalue weighted by Gasteiger charge is -2.12. The summed E-state index contributed by atoms with van der Waals surface area (Å²) in [5.74, 6) is -1.26. The molecular weight excluding hydrogens is 244 g/mol. The summed E-state index contributed by atoms with van der Waals surface area (Å²) in [4.78, 5) is 22.8. The minimum Gasteiger partial charge on any atom is -0.481 e. The van der Waals surface area contributed by atoms with Gasteiger partial charge in [0.1, 0.15) is 0 Å². The van der Waals surface area contributed by atoms with Crippen LogP contribution in [0.15, 0.2) is 24.3 Å². The predicted molar refractivity (Wildman–Crippen MR) is 70.6 cm³/mol. The van der Waals surface area contributed by atoms with Crippen LogP contribution in [0, 0.1) is 5.92 Å². The third-order valence-electron chi connectivity index (χ3n) is 3.57. The number of hydrogen-bond donors (Lipinski definition) is 3. The Balaban J connectivity index is 1.92. The normalized spacial score (nSPS) is 22.2. The summed E-state index contributed by atoms with van der Waals surface area (Å²) in [6.45, 7) is 0.449. The molecule has 1 aliphatic carbocycles. The predicted octanol–water partition coefficient (Wildman–Crippen LogP) is 1.13. The SMILES string of the molecule is NCc1ccc(C(=O)NC2CCC(C(=O)O)C2)cc1. The Morgan fingerprint density at radius 2 is 1.95 bits per heavy atom. The Hall–Kier alpha value is -1.88. The van der Waals surface area contributed by atoms with Crippen molar-refractivity contribution in [3.05, 3.63) is 35.4 Å². The fourth-order valence-electron chi connectivity index (χ4n) is 2.40. The van der Waals surface area contributed by atoms with E-state index >= 15 is 0 Å². The first-order valence-corrected chi connectivity index (χ1v) is 6.43. The molecule has 0 heterocycles. The first-order chi connectivity index (χ1) is 9.10. The molecule has 5 nitrogen and oxygen atoms in total. The summed E-state index contributed by atoms with van der Waals surface area (Å²) in [6, 6.07) is 7.08. The first kappa shape index (κ1) is 13.5. The lowest BCUT2D eigenvalue weighted by Crippen LogP contribution is -2.33. The van der Waals surface area contributed by atoms with Gasteiger partial charge in [0.15, 0.2) is 0 Å². The number of hydrogen-bond acceptors (Lipinski definition) is 3. The van der Waals surface area contributed by atoms with Crippen molar-refractivity contribution >= 4 is 11.9 Å². The van der Waals surface area contributed by atoms with E-state index in [1.165, 1.54) is 0 Å². The van der Waals surface area contributed by atoms with Gasteiger partial charge in [-0.2, -0.15) is 0 Å². The van der Waals surface area contributed by atoms with Gasteiger partial charge in [0.2, 0.25) is 0 Å². The molecule has 1 amide bonds. The lowest BCUT2D eigenvalue weighted by molar-refractivity contribution is -0.141. The van der Waals surface area contributed by atoms with Gasteiger partial charge in [-0.1, -0.05) is 12.1 Å². The van der Waals surface area contributed by atoms with Crippen molar-refractivity contribution < 1.29 is 14.7 Å². The van der Waals surface area contributed by atoms with E-state index in [2.05, 4.69) is 5.32 Å². The van der Waals surface area contributed by atoms with E-state index in [9.17, 15) is 9.59 Å². The monoisotopic (exact) mass is 262 g/mol. The topological polar surface area (TPSA) is 92.4 Å². The van der Waals surface area contributed by atoms with E-state index in [-0.39, 0.29) is 17.9 Å². The number of carboxylic acid groups (broad SMARTS) is 1. The van der Waals surface area contributed by atoms with Crippen LogP contribution in [-0.2, 0) is 11.3 Å². The number of rotatable bonds is 4. The molecule has 2 atom stereocenters. The molecule has 1 aromatic carbocycles. The quantitative estimate of drug-likeness (QED) is 0.758. The highest BCUT2D eigenvalue weighted by molar-refractivity contribution is 5.94. The van der Waals surface area contributed by atoms with E-state index in [4.69, 9.17) is 10.8 Å². The van der Waals surface area contributed by atoms with Crippen LogP contribution in [-0.4, -0.2) is 23.0 Å². The van der Waals surface area contributed by atoms with Gasteiger partial charge in [-0.05, 0) is 37.0 Å². The van der Waals surface area contributed by atoms with Crippen LogP contribution >= 0.6 is 0 Å². The van der Waals surface area contributed by atoms with E-state index in [1.807, 2.05) is 12.1 Å². The summed E-state index contributed by atoms with van der Waals surface area (Å²) >= 11 is 0. The number of benzene rings is 1. The molecule has 1 aliphatic rings. The third kappa shape index (κ3) is 3.32. The zero-order valence-electron chi connectivity index (χ0n) is 10.6. The molecule has 0 spiro atoms. The highest BCUT2D eigenvalue weighted by Crippen LogP contribution is 2.25. The van der Waals surface area contributed by atoms with Crippen molar-refractivity contribution in [1.29, 1.82) is 0 Å². The Labute approximate surface area is 111 Å². The van der Waals surface area contributed by atoms with E-state index < -0.39 is 5.97 Å². The highest BCUT2D eigenvalue weighted by Gasteiger charge is 2.30. The number of carboxylic acids is 1. The minimum atomic E-state index is -0.774. The minimum absolute atomic E-state index is 0.0391. The molecule has 4 N–H and O–H groups in total. The van der Waals surface area contributed by atoms with Crippen molar-refractivity contribution in [2.24, 2.45) is 11.7 Å². The number of nitrogens with one attached hydrogen (secondary N) is 1. The molecular formula is C14H18N2O3. The number of amides is 1. The standard InChI is InChI=1S/C14H18N2O3/c15-8-9-1-3-10(4-2-9)13(17)16-12-6-5-11(7-12)14(18)19/h1-4,11-12H,5-8,15H2,(H,16,17)(H,18,19). The van der Waals surface area contributed by atoms with Crippen molar-refractivity contribution in [3.8, 4) is 0 Å². The summed E-state index contributed by atoms with van der Waals surface area (Å²) < 4.78 is 0. The molecule has 0 saturated heterocycles. The average molecular weight is 262 g/mol.